The summed E-state index contributed by atoms with van der Waals surface area (Å²) >= 11 is 0. The van der Waals surface area contributed by atoms with Gasteiger partial charge in [-0.2, -0.15) is 5.10 Å². The Balaban J connectivity index is 1.26. The van der Waals surface area contributed by atoms with Crippen LogP contribution >= 0.6 is 0 Å². The van der Waals surface area contributed by atoms with Crippen LogP contribution in [0.1, 0.15) is 38.2 Å². The van der Waals surface area contributed by atoms with E-state index in [-0.39, 0.29) is 17.2 Å². The topological polar surface area (TPSA) is 125 Å². The van der Waals surface area contributed by atoms with Crippen molar-refractivity contribution in [2.45, 2.75) is 38.0 Å². The zero-order valence-corrected chi connectivity index (χ0v) is 20.9. The smallest absolute Gasteiger partial charge is 0.227 e. The molecular weight excluding hydrogens is 476 g/mol. The van der Waals surface area contributed by atoms with Crippen LogP contribution in [0.4, 0.5) is 5.69 Å². The number of para-hydroxylation sites is 1. The lowest BCUT2D eigenvalue weighted by Crippen LogP contribution is -2.28. The van der Waals surface area contributed by atoms with Gasteiger partial charge in [0.25, 0.3) is 0 Å². The first-order chi connectivity index (χ1) is 18.6. The predicted octanol–water partition coefficient (Wildman–Crippen LogP) is 5.55. The van der Waals surface area contributed by atoms with Gasteiger partial charge < -0.3 is 10.3 Å². The maximum atomic E-state index is 12.4. The van der Waals surface area contributed by atoms with Crippen LogP contribution in [0.2, 0.25) is 0 Å². The predicted molar refractivity (Wildman–Crippen MR) is 148 cm³/mol. The summed E-state index contributed by atoms with van der Waals surface area (Å²) in [6.45, 7) is 2.20. The van der Waals surface area contributed by atoms with Gasteiger partial charge in [-0.15, -0.1) is 0 Å². The molecule has 3 N–H and O–H groups in total. The molecule has 0 saturated heterocycles. The first kappa shape index (κ1) is 22.5. The number of nitrogens with zero attached hydrogens (tertiary/aromatic N) is 5. The van der Waals surface area contributed by atoms with Gasteiger partial charge in [0.05, 0.1) is 28.3 Å². The van der Waals surface area contributed by atoms with Gasteiger partial charge in [-0.05, 0) is 43.0 Å². The third-order valence-electron chi connectivity index (χ3n) is 7.74. The van der Waals surface area contributed by atoms with Gasteiger partial charge in [-0.1, -0.05) is 31.6 Å². The number of allylic oxidation sites excluding steroid dienone is 1. The van der Waals surface area contributed by atoms with Crippen LogP contribution in [0.15, 0.2) is 66.2 Å². The van der Waals surface area contributed by atoms with Crippen LogP contribution in [0.25, 0.3) is 44.7 Å². The zero-order chi connectivity index (χ0) is 25.7. The highest BCUT2D eigenvalue weighted by Gasteiger charge is 2.28. The van der Waals surface area contributed by atoms with Gasteiger partial charge in [0.1, 0.15) is 5.69 Å². The number of carbonyl (C=O) groups excluding carboxylic acids is 1. The van der Waals surface area contributed by atoms with Crippen LogP contribution in [-0.4, -0.2) is 42.3 Å². The van der Waals surface area contributed by atoms with E-state index < -0.39 is 0 Å². The van der Waals surface area contributed by atoms with Crippen LogP contribution in [0.3, 0.4) is 0 Å². The molecule has 188 valence electrons. The Morgan fingerprint density at radius 1 is 1.13 bits per heavy atom. The van der Waals surface area contributed by atoms with Crippen LogP contribution < -0.4 is 5.32 Å². The van der Waals surface area contributed by atoms with Crippen molar-refractivity contribution >= 4 is 39.9 Å². The Morgan fingerprint density at radius 3 is 2.84 bits per heavy atom. The molecule has 1 aromatic carbocycles. The number of rotatable bonds is 5. The molecule has 1 fully saturated rings. The molecule has 1 amide bonds. The van der Waals surface area contributed by atoms with E-state index >= 15 is 0 Å². The second-order valence-corrected chi connectivity index (χ2v) is 10.3. The quantitative estimate of drug-likeness (QED) is 0.291. The van der Waals surface area contributed by atoms with E-state index in [9.17, 15) is 4.79 Å². The Hall–Kier alpha value is -4.66. The normalized spacial score (nSPS) is 19.2. The molecule has 1 unspecified atom stereocenters. The lowest BCUT2D eigenvalue weighted by atomic mass is 9.78. The molecule has 1 aliphatic heterocycles. The summed E-state index contributed by atoms with van der Waals surface area (Å²) in [7, 11) is 0. The molecule has 1 saturated carbocycles. The van der Waals surface area contributed by atoms with Gasteiger partial charge in [0.15, 0.2) is 11.5 Å². The van der Waals surface area contributed by atoms with Crippen molar-refractivity contribution in [3.8, 4) is 22.6 Å². The summed E-state index contributed by atoms with van der Waals surface area (Å²) in [5.74, 6) is 0.875. The van der Waals surface area contributed by atoms with Gasteiger partial charge in [0, 0.05) is 47.3 Å². The highest BCUT2D eigenvalue weighted by Crippen LogP contribution is 2.36. The van der Waals surface area contributed by atoms with Crippen molar-refractivity contribution in [1.82, 2.24) is 30.1 Å². The number of carbonyl (C=O) groups is 1. The largest absolute Gasteiger partial charge is 0.337 e. The van der Waals surface area contributed by atoms with Gasteiger partial charge in [0.2, 0.25) is 5.91 Å². The molecule has 2 aliphatic rings. The first-order valence-corrected chi connectivity index (χ1v) is 12.9. The minimum Gasteiger partial charge on any atom is -0.337 e. The number of imidazole rings is 1. The third kappa shape index (κ3) is 3.78. The SMILES string of the molecule is CC1(c2cccc3[nH]c(-c4[nH]nc5ncc(-c6cncc(NC(=O)C7CCC7)c6)cc45)nc23)C=CN=CC1. The van der Waals surface area contributed by atoms with Gasteiger partial charge >= 0.3 is 0 Å². The number of aromatic amines is 2. The van der Waals surface area contributed by atoms with Crippen molar-refractivity contribution in [2.75, 3.05) is 5.32 Å². The summed E-state index contributed by atoms with van der Waals surface area (Å²) in [6.07, 6.45) is 15.0. The molecule has 0 radical (unpaired) electrons. The minimum absolute atomic E-state index is 0.0648. The lowest BCUT2D eigenvalue weighted by molar-refractivity contribution is -0.122. The molecule has 0 spiro atoms. The standard InChI is InChI=1S/C29H26N8O/c1-29(8-10-30-11-9-29)22-6-3-7-23-25(22)35-27(34-23)24-21-13-19(15-32-26(21)37-36-24)18-12-20(16-31-14-18)33-28(38)17-4-2-5-17/h3,6-8,10-17H,2,4-5,9H2,1H3,(H,33,38)(H,34,35)(H,32,36,37). The summed E-state index contributed by atoms with van der Waals surface area (Å²) in [4.78, 5) is 34.1. The molecular formula is C29H26N8O. The summed E-state index contributed by atoms with van der Waals surface area (Å²) in [6, 6.07) is 10.2. The number of pyridine rings is 2. The maximum absolute atomic E-state index is 12.4. The van der Waals surface area contributed by atoms with E-state index in [0.29, 0.717) is 17.2 Å². The number of amides is 1. The Morgan fingerprint density at radius 2 is 2.03 bits per heavy atom. The first-order valence-electron chi connectivity index (χ1n) is 12.9. The monoisotopic (exact) mass is 502 g/mol. The molecule has 4 aromatic heterocycles. The fourth-order valence-electron chi connectivity index (χ4n) is 5.21. The van der Waals surface area contributed by atoms with Gasteiger partial charge in [-0.25, -0.2) is 9.97 Å². The molecule has 38 heavy (non-hydrogen) atoms. The molecule has 5 aromatic rings. The number of aliphatic imine (C=N–C) groups is 1. The number of fused-ring (bicyclic) bond motifs is 2. The van der Waals surface area contributed by atoms with E-state index in [2.05, 4.69) is 60.6 Å². The Kier molecular flexibility index (Phi) is 5.17. The summed E-state index contributed by atoms with van der Waals surface area (Å²) in [5, 5.41) is 11.4. The molecule has 5 heterocycles. The van der Waals surface area contributed by atoms with Crippen molar-refractivity contribution in [3.05, 3.63) is 66.8 Å². The summed E-state index contributed by atoms with van der Waals surface area (Å²) < 4.78 is 0. The molecule has 9 heteroatoms. The molecule has 1 atom stereocenters. The van der Waals surface area contributed by atoms with Crippen molar-refractivity contribution in [1.29, 1.82) is 0 Å². The highest BCUT2D eigenvalue weighted by molar-refractivity contribution is 5.95. The number of anilines is 1. The van der Waals surface area contributed by atoms with E-state index in [0.717, 1.165) is 64.5 Å². The number of H-pyrrole nitrogens is 2. The molecule has 1 aliphatic carbocycles. The fraction of sp³-hybridized carbons (Fsp3) is 0.241. The summed E-state index contributed by atoms with van der Waals surface area (Å²) in [5.41, 5.74) is 6.66. The zero-order valence-electron chi connectivity index (χ0n) is 20.9. The van der Waals surface area contributed by atoms with Crippen molar-refractivity contribution in [3.63, 3.8) is 0 Å². The lowest BCUT2D eigenvalue weighted by Gasteiger charge is -2.26. The van der Waals surface area contributed by atoms with E-state index in [1.165, 1.54) is 0 Å². The average molecular weight is 503 g/mol. The molecule has 0 bridgehead atoms. The Bertz CT molecular complexity index is 1760. The number of aromatic nitrogens is 6. The van der Waals surface area contributed by atoms with Gasteiger partial charge in [-0.3, -0.25) is 19.9 Å². The second kappa shape index (κ2) is 8.72. The highest BCUT2D eigenvalue weighted by atomic mass is 16.1. The minimum atomic E-state index is -0.176. The number of nitrogens with one attached hydrogen (secondary N) is 3. The van der Waals surface area contributed by atoms with E-state index in [4.69, 9.17) is 4.98 Å². The number of hydrogen-bond donors (Lipinski definition) is 3. The second-order valence-electron chi connectivity index (χ2n) is 10.3. The Labute approximate surface area is 218 Å². The van der Waals surface area contributed by atoms with E-state index in [1.54, 1.807) is 18.6 Å². The van der Waals surface area contributed by atoms with E-state index in [1.807, 2.05) is 30.6 Å². The maximum Gasteiger partial charge on any atom is 0.227 e. The van der Waals surface area contributed by atoms with Crippen LogP contribution in [0, 0.1) is 5.92 Å². The van der Waals surface area contributed by atoms with Crippen LogP contribution in [-0.2, 0) is 10.2 Å². The number of benzene rings is 1. The van der Waals surface area contributed by atoms with Crippen LogP contribution in [0.5, 0.6) is 0 Å². The number of hydrogen-bond acceptors (Lipinski definition) is 6. The third-order valence-corrected chi connectivity index (χ3v) is 7.74. The molecule has 7 rings (SSSR count). The molecule has 9 nitrogen and oxygen atoms in total. The van der Waals surface area contributed by atoms with Crippen molar-refractivity contribution in [2.24, 2.45) is 10.9 Å². The average Bonchev–Trinajstić information content (AvgIpc) is 3.51. The fourth-order valence-corrected chi connectivity index (χ4v) is 5.21. The van der Waals surface area contributed by atoms with Crippen molar-refractivity contribution < 1.29 is 4.79 Å².